The number of nitrogens with zero attached hydrogens (tertiary/aromatic N) is 1. The van der Waals surface area contributed by atoms with Gasteiger partial charge in [0.05, 0.1) is 5.69 Å². The molecule has 1 aliphatic rings. The number of rotatable bonds is 6. The predicted molar refractivity (Wildman–Crippen MR) is 109 cm³/mol. The Hall–Kier alpha value is -3.26. The first-order valence-electron chi connectivity index (χ1n) is 9.26. The highest BCUT2D eigenvalue weighted by Gasteiger charge is 2.24. The van der Waals surface area contributed by atoms with Crippen LogP contribution in [0, 0.1) is 5.82 Å². The molecule has 0 saturated carbocycles. The van der Waals surface area contributed by atoms with E-state index in [0.29, 0.717) is 18.1 Å². The van der Waals surface area contributed by atoms with Crippen LogP contribution in [0.25, 0.3) is 0 Å². The minimum absolute atomic E-state index is 0.0184. The van der Waals surface area contributed by atoms with Crippen LogP contribution in [0.15, 0.2) is 70.0 Å². The Morgan fingerprint density at radius 2 is 1.87 bits per heavy atom. The van der Waals surface area contributed by atoms with Gasteiger partial charge >= 0.3 is 5.97 Å². The second-order valence-corrected chi connectivity index (χ2v) is 7.58. The molecular formula is C22H18FNO5S. The first-order chi connectivity index (χ1) is 14.6. The minimum atomic E-state index is -0.726. The average molecular weight is 427 g/mol. The molecule has 4 rings (SSSR count). The summed E-state index contributed by atoms with van der Waals surface area (Å²) < 4.78 is 28.9. The highest BCUT2D eigenvalue weighted by atomic mass is 32.2. The molecular weight excluding hydrogens is 409 g/mol. The summed E-state index contributed by atoms with van der Waals surface area (Å²) in [4.78, 5) is 27.4. The maximum Gasteiger partial charge on any atom is 0.374 e. The van der Waals surface area contributed by atoms with Gasteiger partial charge in [0.15, 0.2) is 6.61 Å². The Morgan fingerprint density at radius 3 is 2.70 bits per heavy atom. The van der Waals surface area contributed by atoms with Crippen LogP contribution in [-0.2, 0) is 16.1 Å². The molecule has 0 radical (unpaired) electrons. The zero-order valence-corrected chi connectivity index (χ0v) is 16.7. The summed E-state index contributed by atoms with van der Waals surface area (Å²) in [5.74, 6) is 0.272. The minimum Gasteiger partial charge on any atom is -0.486 e. The van der Waals surface area contributed by atoms with Crippen LogP contribution in [0.2, 0.25) is 0 Å². The van der Waals surface area contributed by atoms with Gasteiger partial charge in [-0.05, 0) is 48.5 Å². The predicted octanol–water partition coefficient (Wildman–Crippen LogP) is 4.29. The molecule has 0 saturated heterocycles. The Bertz CT molecular complexity index is 1050. The van der Waals surface area contributed by atoms with Crippen molar-refractivity contribution < 1.29 is 27.9 Å². The van der Waals surface area contributed by atoms with Gasteiger partial charge in [0, 0.05) is 17.2 Å². The first-order valence-corrected chi connectivity index (χ1v) is 10.2. The number of esters is 1. The molecule has 2 aromatic carbocycles. The van der Waals surface area contributed by atoms with Crippen molar-refractivity contribution in [3.63, 3.8) is 0 Å². The lowest BCUT2D eigenvalue weighted by molar-refractivity contribution is -0.121. The highest BCUT2D eigenvalue weighted by molar-refractivity contribution is 7.99. The van der Waals surface area contributed by atoms with E-state index in [1.54, 1.807) is 22.7 Å². The van der Waals surface area contributed by atoms with Crippen LogP contribution in [-0.4, -0.2) is 30.8 Å². The van der Waals surface area contributed by atoms with Gasteiger partial charge in [0.25, 0.3) is 5.91 Å². The van der Waals surface area contributed by atoms with Gasteiger partial charge in [-0.1, -0.05) is 12.1 Å². The number of amides is 1. The quantitative estimate of drug-likeness (QED) is 0.547. The Balaban J connectivity index is 1.30. The lowest BCUT2D eigenvalue weighted by Crippen LogP contribution is -2.38. The van der Waals surface area contributed by atoms with Crippen LogP contribution >= 0.6 is 11.8 Å². The standard InChI is InChI=1S/C22H18FNO5S/c23-15-5-7-16(8-6-15)27-13-17-9-10-19(29-17)22(26)28-14-21(25)24-11-12-30-20-4-2-1-3-18(20)24/h1-10H,11-14H2. The molecule has 1 aromatic heterocycles. The van der Waals surface area contributed by atoms with Gasteiger partial charge in [-0.15, -0.1) is 11.8 Å². The van der Waals surface area contributed by atoms with Crippen LogP contribution in [0.1, 0.15) is 16.3 Å². The molecule has 30 heavy (non-hydrogen) atoms. The van der Waals surface area contributed by atoms with Gasteiger partial charge in [0.2, 0.25) is 5.76 Å². The number of furan rings is 1. The molecule has 6 nitrogen and oxygen atoms in total. The average Bonchev–Trinajstić information content (AvgIpc) is 3.25. The molecule has 3 aromatic rings. The number of hydrogen-bond donors (Lipinski definition) is 0. The van der Waals surface area contributed by atoms with Crippen molar-refractivity contribution in [3.8, 4) is 5.75 Å². The number of para-hydroxylation sites is 1. The number of benzene rings is 2. The van der Waals surface area contributed by atoms with E-state index >= 15 is 0 Å². The van der Waals surface area contributed by atoms with Crippen molar-refractivity contribution in [3.05, 3.63) is 78.0 Å². The lowest BCUT2D eigenvalue weighted by Gasteiger charge is -2.28. The highest BCUT2D eigenvalue weighted by Crippen LogP contribution is 2.34. The van der Waals surface area contributed by atoms with Crippen molar-refractivity contribution in [1.82, 2.24) is 0 Å². The Labute approximate surface area is 176 Å². The van der Waals surface area contributed by atoms with Crippen molar-refractivity contribution in [2.24, 2.45) is 0 Å². The van der Waals surface area contributed by atoms with Gasteiger partial charge in [-0.2, -0.15) is 0 Å². The molecule has 0 aliphatic carbocycles. The fourth-order valence-corrected chi connectivity index (χ4v) is 3.95. The number of ether oxygens (including phenoxy) is 2. The Kier molecular flexibility index (Phi) is 6.04. The normalized spacial score (nSPS) is 12.9. The summed E-state index contributed by atoms with van der Waals surface area (Å²) in [7, 11) is 0. The van der Waals surface area contributed by atoms with Crippen molar-refractivity contribution >= 4 is 29.3 Å². The zero-order valence-electron chi connectivity index (χ0n) is 15.9. The second-order valence-electron chi connectivity index (χ2n) is 6.45. The van der Waals surface area contributed by atoms with E-state index in [9.17, 15) is 14.0 Å². The monoisotopic (exact) mass is 427 g/mol. The lowest BCUT2D eigenvalue weighted by atomic mass is 10.2. The fourth-order valence-electron chi connectivity index (χ4n) is 2.96. The molecule has 1 aliphatic heterocycles. The molecule has 0 N–H and O–H groups in total. The van der Waals surface area contributed by atoms with Gasteiger partial charge in [0.1, 0.15) is 23.9 Å². The summed E-state index contributed by atoms with van der Waals surface area (Å²) in [6, 6.07) is 16.2. The fraction of sp³-hybridized carbons (Fsp3) is 0.182. The van der Waals surface area contributed by atoms with Crippen LogP contribution in [0.5, 0.6) is 5.75 Å². The number of thioether (sulfide) groups is 1. The molecule has 0 bridgehead atoms. The number of fused-ring (bicyclic) bond motifs is 1. The zero-order chi connectivity index (χ0) is 20.9. The molecule has 0 fully saturated rings. The summed E-state index contributed by atoms with van der Waals surface area (Å²) in [6.45, 7) is 0.254. The third kappa shape index (κ3) is 4.65. The van der Waals surface area contributed by atoms with E-state index in [-0.39, 0.29) is 30.7 Å². The molecule has 1 amide bonds. The largest absolute Gasteiger partial charge is 0.486 e. The van der Waals surface area contributed by atoms with E-state index in [0.717, 1.165) is 16.3 Å². The number of hydrogen-bond acceptors (Lipinski definition) is 6. The van der Waals surface area contributed by atoms with Gasteiger partial charge in [-0.25, -0.2) is 9.18 Å². The first kappa shape index (κ1) is 20.0. The maximum absolute atomic E-state index is 12.9. The van der Waals surface area contributed by atoms with E-state index < -0.39 is 5.97 Å². The van der Waals surface area contributed by atoms with Crippen LogP contribution in [0.4, 0.5) is 10.1 Å². The smallest absolute Gasteiger partial charge is 0.374 e. The number of carbonyl (C=O) groups excluding carboxylic acids is 2. The van der Waals surface area contributed by atoms with Gasteiger partial charge < -0.3 is 18.8 Å². The van der Waals surface area contributed by atoms with E-state index in [4.69, 9.17) is 13.9 Å². The van der Waals surface area contributed by atoms with Gasteiger partial charge in [-0.3, -0.25) is 4.79 Å². The number of carbonyl (C=O) groups is 2. The second kappa shape index (κ2) is 9.04. The molecule has 154 valence electrons. The summed E-state index contributed by atoms with van der Waals surface area (Å²) >= 11 is 1.69. The van der Waals surface area contributed by atoms with E-state index in [2.05, 4.69) is 0 Å². The van der Waals surface area contributed by atoms with E-state index in [1.807, 2.05) is 24.3 Å². The SMILES string of the molecule is O=C(OCC(=O)N1CCSc2ccccc21)c1ccc(COc2ccc(F)cc2)o1. The Morgan fingerprint density at radius 1 is 1.07 bits per heavy atom. The number of halogens is 1. The third-order valence-electron chi connectivity index (χ3n) is 4.41. The summed E-state index contributed by atoms with van der Waals surface area (Å²) in [5.41, 5.74) is 0.827. The molecule has 0 spiro atoms. The third-order valence-corrected chi connectivity index (χ3v) is 5.46. The van der Waals surface area contributed by atoms with Crippen molar-refractivity contribution in [2.75, 3.05) is 23.8 Å². The summed E-state index contributed by atoms with van der Waals surface area (Å²) in [5, 5.41) is 0. The maximum atomic E-state index is 12.9. The number of anilines is 1. The summed E-state index contributed by atoms with van der Waals surface area (Å²) in [6.07, 6.45) is 0. The molecule has 8 heteroatoms. The molecule has 0 atom stereocenters. The molecule has 2 heterocycles. The van der Waals surface area contributed by atoms with Crippen molar-refractivity contribution in [2.45, 2.75) is 11.5 Å². The topological polar surface area (TPSA) is 69.0 Å². The van der Waals surface area contributed by atoms with Crippen LogP contribution < -0.4 is 9.64 Å². The van der Waals surface area contributed by atoms with Crippen molar-refractivity contribution in [1.29, 1.82) is 0 Å². The van der Waals surface area contributed by atoms with E-state index in [1.165, 1.54) is 30.3 Å². The van der Waals surface area contributed by atoms with Crippen LogP contribution in [0.3, 0.4) is 0 Å². The molecule has 0 unspecified atom stereocenters.